The van der Waals surface area contributed by atoms with Crippen LogP contribution in [0.2, 0.25) is 0 Å². The molecule has 2 rings (SSSR count). The molecule has 2 atom stereocenters. The van der Waals surface area contributed by atoms with Gasteiger partial charge >= 0.3 is 0 Å². The third-order valence-electron chi connectivity index (χ3n) is 3.85. The SMILES string of the molecule is COC1CN(c2ccc([N+](=O)[O-])c(C#N)c2)CCC1C. The number of ether oxygens (including phenoxy) is 1. The van der Waals surface area contributed by atoms with Gasteiger partial charge in [0.1, 0.15) is 11.6 Å². The lowest BCUT2D eigenvalue weighted by molar-refractivity contribution is -0.385. The molecule has 0 saturated carbocycles. The van der Waals surface area contributed by atoms with Gasteiger partial charge in [0.25, 0.3) is 5.69 Å². The van der Waals surface area contributed by atoms with Crippen LogP contribution < -0.4 is 4.90 Å². The first kappa shape index (κ1) is 14.3. The molecular formula is C14H17N3O3. The van der Waals surface area contributed by atoms with Gasteiger partial charge in [0.15, 0.2) is 0 Å². The van der Waals surface area contributed by atoms with Gasteiger partial charge in [-0.15, -0.1) is 0 Å². The van der Waals surface area contributed by atoms with Gasteiger partial charge in [-0.2, -0.15) is 5.26 Å². The Morgan fingerprint density at radius 2 is 2.30 bits per heavy atom. The average molecular weight is 275 g/mol. The van der Waals surface area contributed by atoms with E-state index in [0.717, 1.165) is 25.2 Å². The van der Waals surface area contributed by atoms with Crippen molar-refractivity contribution in [3.63, 3.8) is 0 Å². The summed E-state index contributed by atoms with van der Waals surface area (Å²) in [5, 5.41) is 19.9. The van der Waals surface area contributed by atoms with Crippen LogP contribution in [0.3, 0.4) is 0 Å². The van der Waals surface area contributed by atoms with E-state index >= 15 is 0 Å². The number of nitrogens with zero attached hydrogens (tertiary/aromatic N) is 3. The standard InChI is InChI=1S/C14H17N3O3/c1-10-5-6-16(9-14(10)20-2)12-3-4-13(17(18)19)11(7-12)8-15/h3-4,7,10,14H,5-6,9H2,1-2H3. The quantitative estimate of drug-likeness (QED) is 0.624. The highest BCUT2D eigenvalue weighted by atomic mass is 16.6. The lowest BCUT2D eigenvalue weighted by Crippen LogP contribution is -2.43. The van der Waals surface area contributed by atoms with Crippen LogP contribution in [-0.2, 0) is 4.74 Å². The number of benzene rings is 1. The highest BCUT2D eigenvalue weighted by Crippen LogP contribution is 2.28. The predicted octanol–water partition coefficient (Wildman–Crippen LogP) is 2.33. The second kappa shape index (κ2) is 5.88. The zero-order valence-electron chi connectivity index (χ0n) is 11.6. The zero-order valence-corrected chi connectivity index (χ0v) is 11.6. The maximum atomic E-state index is 10.8. The second-order valence-corrected chi connectivity index (χ2v) is 5.06. The summed E-state index contributed by atoms with van der Waals surface area (Å²) >= 11 is 0. The van der Waals surface area contributed by atoms with Gasteiger partial charge in [0.2, 0.25) is 0 Å². The molecule has 1 aliphatic rings. The molecule has 6 heteroatoms. The first-order valence-corrected chi connectivity index (χ1v) is 6.53. The van der Waals surface area contributed by atoms with Crippen molar-refractivity contribution >= 4 is 11.4 Å². The van der Waals surface area contributed by atoms with Gasteiger partial charge in [-0.1, -0.05) is 6.92 Å². The Morgan fingerprint density at radius 3 is 2.90 bits per heavy atom. The van der Waals surface area contributed by atoms with Crippen molar-refractivity contribution in [2.24, 2.45) is 5.92 Å². The molecule has 1 aliphatic heterocycles. The molecule has 20 heavy (non-hydrogen) atoms. The zero-order chi connectivity index (χ0) is 14.7. The van der Waals surface area contributed by atoms with Crippen molar-refractivity contribution < 1.29 is 9.66 Å². The van der Waals surface area contributed by atoms with E-state index in [-0.39, 0.29) is 17.4 Å². The Kier molecular flexibility index (Phi) is 4.20. The lowest BCUT2D eigenvalue weighted by atomic mass is 9.95. The number of piperidine rings is 1. The lowest BCUT2D eigenvalue weighted by Gasteiger charge is -2.37. The highest BCUT2D eigenvalue weighted by Gasteiger charge is 2.27. The number of methoxy groups -OCH3 is 1. The van der Waals surface area contributed by atoms with Crippen molar-refractivity contribution in [1.29, 1.82) is 5.26 Å². The van der Waals surface area contributed by atoms with E-state index in [9.17, 15) is 10.1 Å². The number of nitro groups is 1. The Balaban J connectivity index is 2.26. The van der Waals surface area contributed by atoms with Crippen LogP contribution in [0.15, 0.2) is 18.2 Å². The number of rotatable bonds is 3. The van der Waals surface area contributed by atoms with Gasteiger partial charge in [-0.25, -0.2) is 0 Å². The maximum absolute atomic E-state index is 10.8. The van der Waals surface area contributed by atoms with E-state index in [1.54, 1.807) is 19.2 Å². The van der Waals surface area contributed by atoms with Crippen LogP contribution in [0.1, 0.15) is 18.9 Å². The summed E-state index contributed by atoms with van der Waals surface area (Å²) < 4.78 is 5.46. The van der Waals surface area contributed by atoms with E-state index < -0.39 is 4.92 Å². The molecule has 1 aromatic rings. The first-order chi connectivity index (χ1) is 9.56. The minimum absolute atomic E-state index is 0.0973. The molecule has 6 nitrogen and oxygen atoms in total. The fourth-order valence-corrected chi connectivity index (χ4v) is 2.54. The molecule has 1 aromatic carbocycles. The topological polar surface area (TPSA) is 79.4 Å². The van der Waals surface area contributed by atoms with E-state index in [1.165, 1.54) is 6.07 Å². The number of nitro benzene ring substituents is 1. The van der Waals surface area contributed by atoms with E-state index in [2.05, 4.69) is 11.8 Å². The van der Waals surface area contributed by atoms with Crippen LogP contribution in [0.4, 0.5) is 11.4 Å². The molecular weight excluding hydrogens is 258 g/mol. The minimum Gasteiger partial charge on any atom is -0.379 e. The van der Waals surface area contributed by atoms with Crippen molar-refractivity contribution in [2.75, 3.05) is 25.1 Å². The maximum Gasteiger partial charge on any atom is 0.287 e. The summed E-state index contributed by atoms with van der Waals surface area (Å²) in [6.45, 7) is 3.76. The van der Waals surface area contributed by atoms with Crippen molar-refractivity contribution in [3.05, 3.63) is 33.9 Å². The Labute approximate surface area is 117 Å². The first-order valence-electron chi connectivity index (χ1n) is 6.53. The predicted molar refractivity (Wildman–Crippen MR) is 74.6 cm³/mol. The molecule has 0 aliphatic carbocycles. The molecule has 2 unspecified atom stereocenters. The molecule has 1 heterocycles. The molecule has 0 bridgehead atoms. The van der Waals surface area contributed by atoms with Crippen molar-refractivity contribution in [2.45, 2.75) is 19.4 Å². The van der Waals surface area contributed by atoms with Crippen LogP contribution in [-0.4, -0.2) is 31.2 Å². The van der Waals surface area contributed by atoms with Gasteiger partial charge < -0.3 is 9.64 Å². The molecule has 1 fully saturated rings. The van der Waals surface area contributed by atoms with Crippen LogP contribution in [0.25, 0.3) is 0 Å². The Hall–Kier alpha value is -2.13. The van der Waals surface area contributed by atoms with Crippen LogP contribution >= 0.6 is 0 Å². The fraction of sp³-hybridized carbons (Fsp3) is 0.500. The van der Waals surface area contributed by atoms with Crippen molar-refractivity contribution in [1.82, 2.24) is 0 Å². The largest absolute Gasteiger partial charge is 0.379 e. The van der Waals surface area contributed by atoms with Crippen LogP contribution in [0.5, 0.6) is 0 Å². The van der Waals surface area contributed by atoms with Gasteiger partial charge in [0.05, 0.1) is 11.0 Å². The summed E-state index contributed by atoms with van der Waals surface area (Å²) in [5.74, 6) is 0.490. The number of anilines is 1. The van der Waals surface area contributed by atoms with Gasteiger partial charge in [0, 0.05) is 32.0 Å². The third kappa shape index (κ3) is 2.73. The normalized spacial score (nSPS) is 22.4. The monoisotopic (exact) mass is 275 g/mol. The van der Waals surface area contributed by atoms with Crippen LogP contribution in [0, 0.1) is 27.4 Å². The highest BCUT2D eigenvalue weighted by molar-refractivity contribution is 5.60. The van der Waals surface area contributed by atoms with E-state index in [1.807, 2.05) is 6.07 Å². The number of hydrogen-bond acceptors (Lipinski definition) is 5. The molecule has 1 saturated heterocycles. The summed E-state index contributed by atoms with van der Waals surface area (Å²) in [4.78, 5) is 12.4. The number of nitriles is 1. The van der Waals surface area contributed by atoms with E-state index in [4.69, 9.17) is 10.00 Å². The summed E-state index contributed by atoms with van der Waals surface area (Å²) in [6.07, 6.45) is 1.14. The Morgan fingerprint density at radius 1 is 1.55 bits per heavy atom. The van der Waals surface area contributed by atoms with Gasteiger partial charge in [-0.05, 0) is 24.5 Å². The summed E-state index contributed by atoms with van der Waals surface area (Å²) in [5.41, 5.74) is 0.783. The molecule has 106 valence electrons. The molecule has 0 spiro atoms. The molecule has 0 N–H and O–H groups in total. The fourth-order valence-electron chi connectivity index (χ4n) is 2.54. The number of hydrogen-bond donors (Lipinski definition) is 0. The minimum atomic E-state index is -0.529. The van der Waals surface area contributed by atoms with Crippen molar-refractivity contribution in [3.8, 4) is 6.07 Å². The molecule has 0 aromatic heterocycles. The summed E-state index contributed by atoms with van der Waals surface area (Å²) in [7, 11) is 1.70. The van der Waals surface area contributed by atoms with Gasteiger partial charge in [-0.3, -0.25) is 10.1 Å². The third-order valence-corrected chi connectivity index (χ3v) is 3.85. The average Bonchev–Trinajstić information content (AvgIpc) is 2.46. The molecule has 0 radical (unpaired) electrons. The summed E-state index contributed by atoms with van der Waals surface area (Å²) in [6, 6.07) is 6.57. The second-order valence-electron chi connectivity index (χ2n) is 5.06. The van der Waals surface area contributed by atoms with E-state index in [0.29, 0.717) is 5.92 Å². The Bertz CT molecular complexity index is 553. The molecule has 0 amide bonds. The smallest absolute Gasteiger partial charge is 0.287 e.